The second kappa shape index (κ2) is 9.30. The summed E-state index contributed by atoms with van der Waals surface area (Å²) in [7, 11) is 0. The number of imide groups is 1. The summed E-state index contributed by atoms with van der Waals surface area (Å²) in [6.07, 6.45) is 0. The number of nitrogens with two attached hydrogens (primary N) is 1. The zero-order chi connectivity index (χ0) is 17.4. The molecule has 0 aliphatic carbocycles. The first kappa shape index (κ1) is 19.2. The van der Waals surface area contributed by atoms with Gasteiger partial charge in [-0.1, -0.05) is 52.0 Å². The van der Waals surface area contributed by atoms with Gasteiger partial charge in [0.2, 0.25) is 0 Å². The van der Waals surface area contributed by atoms with Crippen LogP contribution in [0, 0.1) is 5.92 Å². The van der Waals surface area contributed by atoms with E-state index in [9.17, 15) is 9.59 Å². The average molecular weight is 320 g/mol. The van der Waals surface area contributed by atoms with Gasteiger partial charge in [0, 0.05) is 18.0 Å². The Kier molecular flexibility index (Phi) is 7.75. The molecular formula is C18H30N3O2+. The molecule has 5 nitrogen and oxygen atoms in total. The van der Waals surface area contributed by atoms with Gasteiger partial charge in [-0.15, -0.1) is 0 Å². The Morgan fingerprint density at radius 1 is 1.04 bits per heavy atom. The Morgan fingerprint density at radius 2 is 1.61 bits per heavy atom. The Hall–Kier alpha value is -1.88. The molecule has 5 heteroatoms. The summed E-state index contributed by atoms with van der Waals surface area (Å²) >= 11 is 0. The molecule has 23 heavy (non-hydrogen) atoms. The normalized spacial score (nSPS) is 12.3. The summed E-state index contributed by atoms with van der Waals surface area (Å²) in [6, 6.07) is 8.33. The fourth-order valence-corrected chi connectivity index (χ4v) is 2.51. The summed E-state index contributed by atoms with van der Waals surface area (Å²) in [5, 5.41) is 6.87. The Morgan fingerprint density at radius 3 is 2.09 bits per heavy atom. The number of carbonyl (C=O) groups excluding carboxylic acids is 2. The Balaban J connectivity index is 2.65. The fourth-order valence-electron chi connectivity index (χ4n) is 2.51. The van der Waals surface area contributed by atoms with Gasteiger partial charge in [-0.2, -0.15) is 0 Å². The number of hydrogen-bond donors (Lipinski definition) is 3. The van der Waals surface area contributed by atoms with Crippen LogP contribution in [-0.4, -0.2) is 25.0 Å². The quantitative estimate of drug-likeness (QED) is 0.718. The fraction of sp³-hybridized carbons (Fsp3) is 0.556. The molecular weight excluding hydrogens is 290 g/mol. The Labute approximate surface area is 139 Å². The molecule has 4 N–H and O–H groups in total. The van der Waals surface area contributed by atoms with E-state index in [1.807, 2.05) is 12.2 Å². The maximum Gasteiger partial charge on any atom is 0.321 e. The largest absolute Gasteiger partial charge is 0.338 e. The second-order valence-electron chi connectivity index (χ2n) is 6.44. The van der Waals surface area contributed by atoms with E-state index in [1.54, 1.807) is 0 Å². The highest BCUT2D eigenvalue weighted by molar-refractivity contribution is 5.94. The van der Waals surface area contributed by atoms with Crippen molar-refractivity contribution in [2.45, 2.75) is 46.6 Å². The van der Waals surface area contributed by atoms with E-state index >= 15 is 0 Å². The second-order valence-corrected chi connectivity index (χ2v) is 6.44. The zero-order valence-electron chi connectivity index (χ0n) is 14.8. The highest BCUT2D eigenvalue weighted by atomic mass is 16.2. The summed E-state index contributed by atoms with van der Waals surface area (Å²) in [6.45, 7) is 11.2. The van der Waals surface area contributed by atoms with E-state index in [-0.39, 0.29) is 18.5 Å². The van der Waals surface area contributed by atoms with Crippen molar-refractivity contribution in [3.63, 3.8) is 0 Å². The summed E-state index contributed by atoms with van der Waals surface area (Å²) in [5.74, 6) is 0.617. The highest BCUT2D eigenvalue weighted by Crippen LogP contribution is 2.21. The molecule has 1 aromatic carbocycles. The maximum absolute atomic E-state index is 11.8. The van der Waals surface area contributed by atoms with Crippen LogP contribution in [0.25, 0.3) is 0 Å². The van der Waals surface area contributed by atoms with Gasteiger partial charge >= 0.3 is 6.03 Å². The highest BCUT2D eigenvalue weighted by Gasteiger charge is 2.21. The molecule has 0 saturated carbocycles. The van der Waals surface area contributed by atoms with Crippen LogP contribution in [-0.2, 0) is 4.79 Å². The molecule has 0 fully saturated rings. The van der Waals surface area contributed by atoms with Gasteiger partial charge in [-0.3, -0.25) is 10.1 Å². The number of rotatable bonds is 7. The lowest BCUT2D eigenvalue weighted by Gasteiger charge is -2.20. The molecule has 3 amide bonds. The van der Waals surface area contributed by atoms with Gasteiger partial charge in [-0.25, -0.2) is 4.79 Å². The van der Waals surface area contributed by atoms with E-state index in [4.69, 9.17) is 0 Å². The summed E-state index contributed by atoms with van der Waals surface area (Å²) in [5.41, 5.74) is 2.51. The van der Waals surface area contributed by atoms with E-state index in [0.29, 0.717) is 18.4 Å². The van der Waals surface area contributed by atoms with Crippen molar-refractivity contribution in [3.8, 4) is 0 Å². The van der Waals surface area contributed by atoms with Crippen molar-refractivity contribution >= 4 is 11.9 Å². The predicted octanol–water partition coefficient (Wildman–Crippen LogP) is 1.92. The van der Waals surface area contributed by atoms with Gasteiger partial charge in [0.05, 0.1) is 0 Å². The number of nitrogens with one attached hydrogen (secondary N) is 2. The molecule has 0 unspecified atom stereocenters. The molecule has 0 bridgehead atoms. The molecule has 1 rings (SSSR count). The van der Waals surface area contributed by atoms with Crippen LogP contribution in [0.3, 0.4) is 0 Å². The Bertz CT molecular complexity index is 510. The molecule has 1 atom stereocenters. The number of amides is 3. The van der Waals surface area contributed by atoms with Gasteiger partial charge in [0.25, 0.3) is 5.91 Å². The van der Waals surface area contributed by atoms with E-state index < -0.39 is 6.03 Å². The first-order chi connectivity index (χ1) is 10.8. The minimum Gasteiger partial charge on any atom is -0.338 e. The molecule has 0 spiro atoms. The van der Waals surface area contributed by atoms with Crippen LogP contribution in [0.4, 0.5) is 4.79 Å². The maximum atomic E-state index is 11.8. The standard InChI is InChI=1S/C18H29N3O2/c1-6-19-18(23)21-16(22)11-20-17(13(4)5)15-9-7-14(8-10-15)12(2)3/h7-10,12-13,17,20H,6,11H2,1-5H3,(H2,19,21,22,23)/p+1/t17-/m1/s1. The number of benzene rings is 1. The van der Waals surface area contributed by atoms with Crippen molar-refractivity contribution in [2.24, 2.45) is 5.92 Å². The average Bonchev–Trinajstić information content (AvgIpc) is 2.47. The van der Waals surface area contributed by atoms with E-state index in [1.165, 1.54) is 11.1 Å². The molecule has 128 valence electrons. The van der Waals surface area contributed by atoms with Gasteiger partial charge < -0.3 is 10.6 Å². The van der Waals surface area contributed by atoms with Crippen molar-refractivity contribution in [3.05, 3.63) is 35.4 Å². The lowest BCUT2D eigenvalue weighted by atomic mass is 9.93. The minimum absolute atomic E-state index is 0.191. The third-order valence-electron chi connectivity index (χ3n) is 3.85. The van der Waals surface area contributed by atoms with Crippen LogP contribution in [0.1, 0.15) is 57.7 Å². The van der Waals surface area contributed by atoms with Crippen molar-refractivity contribution < 1.29 is 14.9 Å². The van der Waals surface area contributed by atoms with Crippen molar-refractivity contribution in [1.82, 2.24) is 10.6 Å². The lowest BCUT2D eigenvalue weighted by Crippen LogP contribution is -2.88. The first-order valence-corrected chi connectivity index (χ1v) is 8.36. The monoisotopic (exact) mass is 320 g/mol. The third kappa shape index (κ3) is 6.40. The van der Waals surface area contributed by atoms with Gasteiger partial charge in [0.15, 0.2) is 6.54 Å². The van der Waals surface area contributed by atoms with Crippen LogP contribution in [0.2, 0.25) is 0 Å². The minimum atomic E-state index is -0.437. The van der Waals surface area contributed by atoms with Gasteiger partial charge in [-0.05, 0) is 18.4 Å². The topological polar surface area (TPSA) is 74.8 Å². The number of urea groups is 1. The molecule has 0 aliphatic rings. The van der Waals surface area contributed by atoms with Crippen molar-refractivity contribution in [2.75, 3.05) is 13.1 Å². The van der Waals surface area contributed by atoms with Crippen molar-refractivity contribution in [1.29, 1.82) is 0 Å². The molecule has 0 heterocycles. The third-order valence-corrected chi connectivity index (χ3v) is 3.85. The molecule has 0 saturated heterocycles. The molecule has 0 aromatic heterocycles. The van der Waals surface area contributed by atoms with Crippen LogP contribution >= 0.6 is 0 Å². The summed E-state index contributed by atoms with van der Waals surface area (Å²) in [4.78, 5) is 23.2. The molecule has 1 aromatic rings. The molecule has 0 aliphatic heterocycles. The van der Waals surface area contributed by atoms with Crippen LogP contribution in [0.15, 0.2) is 24.3 Å². The lowest BCUT2D eigenvalue weighted by molar-refractivity contribution is -0.692. The predicted molar refractivity (Wildman–Crippen MR) is 92.1 cm³/mol. The van der Waals surface area contributed by atoms with E-state index in [2.05, 4.69) is 62.6 Å². The van der Waals surface area contributed by atoms with Crippen LogP contribution in [0.5, 0.6) is 0 Å². The number of carbonyl (C=O) groups is 2. The van der Waals surface area contributed by atoms with Gasteiger partial charge in [0.1, 0.15) is 6.04 Å². The smallest absolute Gasteiger partial charge is 0.321 e. The number of quaternary nitrogens is 1. The van der Waals surface area contributed by atoms with Crippen LogP contribution < -0.4 is 16.0 Å². The van der Waals surface area contributed by atoms with E-state index in [0.717, 1.165) is 0 Å². The SMILES string of the molecule is CCNC(=O)NC(=O)C[NH2+][C@@H](c1ccc(C(C)C)cc1)C(C)C. The first-order valence-electron chi connectivity index (χ1n) is 8.36. The zero-order valence-corrected chi connectivity index (χ0v) is 14.8. The number of hydrogen-bond acceptors (Lipinski definition) is 2. The molecule has 0 radical (unpaired) electrons. The summed E-state index contributed by atoms with van der Waals surface area (Å²) < 4.78 is 0.